The fraction of sp³-hybridized carbons (Fsp3) is 0.190. The van der Waals surface area contributed by atoms with Gasteiger partial charge in [-0.05, 0) is 48.9 Å². The lowest BCUT2D eigenvalue weighted by atomic mass is 10.2. The van der Waals surface area contributed by atoms with Crippen molar-refractivity contribution in [1.82, 2.24) is 15.5 Å². The van der Waals surface area contributed by atoms with E-state index in [1.165, 1.54) is 0 Å². The minimum atomic E-state index is -0.287. The van der Waals surface area contributed by atoms with Gasteiger partial charge in [0.25, 0.3) is 5.91 Å². The molecular weight excluding hydrogens is 356 g/mol. The first kappa shape index (κ1) is 19.2. The SMILES string of the molecule is CCOc1ccccc1Nc1ccc(C(=O)NCc2ccc(OC)cc2)nn1. The normalized spacial score (nSPS) is 10.2. The fourth-order valence-electron chi connectivity index (χ4n) is 2.53. The Balaban J connectivity index is 1.59. The topological polar surface area (TPSA) is 85.4 Å². The van der Waals surface area contributed by atoms with Crippen molar-refractivity contribution in [2.24, 2.45) is 0 Å². The Morgan fingerprint density at radius 1 is 1.00 bits per heavy atom. The lowest BCUT2D eigenvalue weighted by Gasteiger charge is -2.11. The van der Waals surface area contributed by atoms with Crippen LogP contribution in [0.3, 0.4) is 0 Å². The molecule has 3 rings (SSSR count). The molecule has 1 heterocycles. The molecule has 28 heavy (non-hydrogen) atoms. The maximum absolute atomic E-state index is 12.3. The van der Waals surface area contributed by atoms with Crippen molar-refractivity contribution in [3.8, 4) is 11.5 Å². The molecule has 0 radical (unpaired) electrons. The summed E-state index contributed by atoms with van der Waals surface area (Å²) in [7, 11) is 1.61. The highest BCUT2D eigenvalue weighted by molar-refractivity contribution is 5.92. The van der Waals surface area contributed by atoms with Crippen LogP contribution in [0.5, 0.6) is 11.5 Å². The Bertz CT molecular complexity index is 912. The predicted octanol–water partition coefficient (Wildman–Crippen LogP) is 3.56. The Morgan fingerprint density at radius 3 is 2.46 bits per heavy atom. The molecule has 0 spiro atoms. The third kappa shape index (κ3) is 4.97. The van der Waals surface area contributed by atoms with Crippen LogP contribution in [0.1, 0.15) is 23.0 Å². The number of aromatic nitrogens is 2. The van der Waals surface area contributed by atoms with Crippen molar-refractivity contribution in [3.63, 3.8) is 0 Å². The third-order valence-corrected chi connectivity index (χ3v) is 3.96. The van der Waals surface area contributed by atoms with Crippen LogP contribution < -0.4 is 20.1 Å². The monoisotopic (exact) mass is 378 g/mol. The van der Waals surface area contributed by atoms with Crippen LogP contribution in [-0.2, 0) is 6.54 Å². The van der Waals surface area contributed by atoms with Crippen LogP contribution >= 0.6 is 0 Å². The molecule has 0 saturated carbocycles. The van der Waals surface area contributed by atoms with E-state index in [-0.39, 0.29) is 11.6 Å². The number of nitrogens with zero attached hydrogens (tertiary/aromatic N) is 2. The van der Waals surface area contributed by atoms with E-state index in [0.29, 0.717) is 19.0 Å². The zero-order valence-electron chi connectivity index (χ0n) is 15.8. The van der Waals surface area contributed by atoms with Crippen LogP contribution in [0.2, 0.25) is 0 Å². The number of para-hydroxylation sites is 2. The molecule has 144 valence electrons. The summed E-state index contributed by atoms with van der Waals surface area (Å²) in [4.78, 5) is 12.3. The number of carbonyl (C=O) groups is 1. The van der Waals surface area contributed by atoms with Gasteiger partial charge in [-0.3, -0.25) is 4.79 Å². The number of methoxy groups -OCH3 is 1. The van der Waals surface area contributed by atoms with Crippen molar-refractivity contribution >= 4 is 17.4 Å². The van der Waals surface area contributed by atoms with Crippen molar-refractivity contribution in [1.29, 1.82) is 0 Å². The standard InChI is InChI=1S/C21H22N4O3/c1-3-28-19-7-5-4-6-17(19)23-20-13-12-18(24-25-20)21(26)22-14-15-8-10-16(27-2)11-9-15/h4-13H,3,14H2,1-2H3,(H,22,26)(H,23,25). The van der Waals surface area contributed by atoms with E-state index in [9.17, 15) is 4.79 Å². The van der Waals surface area contributed by atoms with Gasteiger partial charge in [0.1, 0.15) is 11.5 Å². The average Bonchev–Trinajstić information content (AvgIpc) is 2.74. The first-order valence-electron chi connectivity index (χ1n) is 8.93. The highest BCUT2D eigenvalue weighted by atomic mass is 16.5. The van der Waals surface area contributed by atoms with Crippen LogP contribution in [0.15, 0.2) is 60.7 Å². The van der Waals surface area contributed by atoms with Gasteiger partial charge in [0.2, 0.25) is 0 Å². The van der Waals surface area contributed by atoms with Crippen LogP contribution in [-0.4, -0.2) is 29.8 Å². The molecular formula is C21H22N4O3. The highest BCUT2D eigenvalue weighted by Crippen LogP contribution is 2.26. The predicted molar refractivity (Wildman–Crippen MR) is 107 cm³/mol. The second kappa shape index (κ2) is 9.36. The second-order valence-electron chi connectivity index (χ2n) is 5.89. The van der Waals surface area contributed by atoms with Crippen LogP contribution in [0, 0.1) is 0 Å². The molecule has 7 heteroatoms. The summed E-state index contributed by atoms with van der Waals surface area (Å²) in [6.07, 6.45) is 0. The maximum Gasteiger partial charge on any atom is 0.272 e. The first-order chi connectivity index (χ1) is 13.7. The minimum Gasteiger partial charge on any atom is -0.497 e. The molecule has 1 amide bonds. The van der Waals surface area contributed by atoms with E-state index in [1.54, 1.807) is 19.2 Å². The highest BCUT2D eigenvalue weighted by Gasteiger charge is 2.09. The number of hydrogen-bond donors (Lipinski definition) is 2. The van der Waals surface area contributed by atoms with Gasteiger partial charge < -0.3 is 20.1 Å². The molecule has 2 aromatic carbocycles. The Labute approximate surface area is 163 Å². The molecule has 0 bridgehead atoms. The third-order valence-electron chi connectivity index (χ3n) is 3.96. The summed E-state index contributed by atoms with van der Waals surface area (Å²) in [5, 5.41) is 14.1. The number of carbonyl (C=O) groups excluding carboxylic acids is 1. The Hall–Kier alpha value is -3.61. The molecule has 0 atom stereocenters. The Kier molecular flexibility index (Phi) is 6.41. The van der Waals surface area contributed by atoms with E-state index in [0.717, 1.165) is 22.7 Å². The fourth-order valence-corrected chi connectivity index (χ4v) is 2.53. The van der Waals surface area contributed by atoms with Gasteiger partial charge in [-0.1, -0.05) is 24.3 Å². The van der Waals surface area contributed by atoms with Crippen LogP contribution in [0.25, 0.3) is 0 Å². The molecule has 0 fully saturated rings. The molecule has 2 N–H and O–H groups in total. The number of rotatable bonds is 8. The number of hydrogen-bond acceptors (Lipinski definition) is 6. The number of nitrogens with one attached hydrogen (secondary N) is 2. The van der Waals surface area contributed by atoms with Gasteiger partial charge in [-0.15, -0.1) is 10.2 Å². The molecule has 0 aliphatic heterocycles. The lowest BCUT2D eigenvalue weighted by Crippen LogP contribution is -2.24. The van der Waals surface area contributed by atoms with E-state index >= 15 is 0 Å². The zero-order valence-corrected chi connectivity index (χ0v) is 15.8. The molecule has 7 nitrogen and oxygen atoms in total. The summed E-state index contributed by atoms with van der Waals surface area (Å²) in [5.41, 5.74) is 2.00. The first-order valence-corrected chi connectivity index (χ1v) is 8.93. The van der Waals surface area contributed by atoms with E-state index < -0.39 is 0 Å². The summed E-state index contributed by atoms with van der Waals surface area (Å²) in [6.45, 7) is 2.89. The van der Waals surface area contributed by atoms with Gasteiger partial charge in [0.05, 0.1) is 19.4 Å². The number of anilines is 2. The minimum absolute atomic E-state index is 0.247. The number of ether oxygens (including phenoxy) is 2. The molecule has 0 aliphatic carbocycles. The number of benzene rings is 2. The van der Waals surface area contributed by atoms with Crippen molar-refractivity contribution in [3.05, 3.63) is 71.9 Å². The van der Waals surface area contributed by atoms with Gasteiger partial charge in [-0.2, -0.15) is 0 Å². The van der Waals surface area contributed by atoms with Crippen molar-refractivity contribution in [2.45, 2.75) is 13.5 Å². The van der Waals surface area contributed by atoms with Crippen molar-refractivity contribution in [2.75, 3.05) is 19.0 Å². The quantitative estimate of drug-likeness (QED) is 0.623. The molecule has 0 unspecified atom stereocenters. The Morgan fingerprint density at radius 2 is 1.79 bits per heavy atom. The molecule has 0 saturated heterocycles. The summed E-state index contributed by atoms with van der Waals surface area (Å²) in [6, 6.07) is 18.4. The van der Waals surface area contributed by atoms with E-state index in [4.69, 9.17) is 9.47 Å². The summed E-state index contributed by atoms with van der Waals surface area (Å²) in [5.74, 6) is 1.74. The van der Waals surface area contributed by atoms with E-state index in [2.05, 4.69) is 20.8 Å². The van der Waals surface area contributed by atoms with Crippen molar-refractivity contribution < 1.29 is 14.3 Å². The smallest absolute Gasteiger partial charge is 0.272 e. The second-order valence-corrected chi connectivity index (χ2v) is 5.89. The molecule has 1 aromatic heterocycles. The molecule has 3 aromatic rings. The van der Waals surface area contributed by atoms with Crippen LogP contribution in [0.4, 0.5) is 11.5 Å². The summed E-state index contributed by atoms with van der Waals surface area (Å²) < 4.78 is 10.7. The van der Waals surface area contributed by atoms with E-state index in [1.807, 2.05) is 55.5 Å². The summed E-state index contributed by atoms with van der Waals surface area (Å²) >= 11 is 0. The average molecular weight is 378 g/mol. The largest absolute Gasteiger partial charge is 0.497 e. The maximum atomic E-state index is 12.3. The van der Waals surface area contributed by atoms with Gasteiger partial charge >= 0.3 is 0 Å². The lowest BCUT2D eigenvalue weighted by molar-refractivity contribution is 0.0945. The van der Waals surface area contributed by atoms with Gasteiger partial charge in [0, 0.05) is 6.54 Å². The molecule has 0 aliphatic rings. The van der Waals surface area contributed by atoms with Gasteiger partial charge in [0.15, 0.2) is 11.5 Å². The van der Waals surface area contributed by atoms with Gasteiger partial charge in [-0.25, -0.2) is 0 Å². The number of amides is 1. The zero-order chi connectivity index (χ0) is 19.8.